The van der Waals surface area contributed by atoms with Crippen molar-refractivity contribution in [3.05, 3.63) is 73.1 Å². The third-order valence-corrected chi connectivity index (χ3v) is 7.54. The Balaban J connectivity index is 1.55. The molecule has 1 fully saturated rings. The Hall–Kier alpha value is -3.11. The minimum atomic E-state index is -0.699. The lowest BCUT2D eigenvalue weighted by Crippen LogP contribution is -2.38. The molecule has 4 aromatic rings. The van der Waals surface area contributed by atoms with Crippen LogP contribution in [0.25, 0.3) is 16.8 Å². The molecule has 2 N–H and O–H groups in total. The number of rotatable bonds is 6. The number of halogens is 2. The molecule has 1 amide bonds. The predicted octanol–water partition coefficient (Wildman–Crippen LogP) is 3.54. The number of carbonyl (C=O) groups excluding carboxylic acids is 1. The molecule has 0 saturated carbocycles. The van der Waals surface area contributed by atoms with Crippen LogP contribution in [0.15, 0.2) is 35.1 Å². The second kappa shape index (κ2) is 10.3. The molecule has 0 unspecified atom stereocenters. The zero-order chi connectivity index (χ0) is 26.3. The Labute approximate surface area is 223 Å². The Morgan fingerprint density at radius 2 is 1.76 bits per heavy atom. The summed E-state index contributed by atoms with van der Waals surface area (Å²) in [5.41, 5.74) is 3.22. The van der Waals surface area contributed by atoms with Crippen LogP contribution in [-0.4, -0.2) is 62.7 Å². The Kier molecular flexibility index (Phi) is 7.13. The van der Waals surface area contributed by atoms with Crippen LogP contribution in [0.1, 0.15) is 27.2 Å². The molecule has 0 spiro atoms. The van der Waals surface area contributed by atoms with Gasteiger partial charge in [-0.2, -0.15) is 0 Å². The number of nitrogens with one attached hydrogen (secondary N) is 1. The number of imidazole rings is 1. The molecule has 194 valence electrons. The van der Waals surface area contributed by atoms with E-state index in [1.54, 1.807) is 18.2 Å². The highest BCUT2D eigenvalue weighted by molar-refractivity contribution is 6.42. The van der Waals surface area contributed by atoms with Crippen LogP contribution in [0.5, 0.6) is 5.75 Å². The molecule has 1 aliphatic heterocycles. The molecule has 1 saturated heterocycles. The molecule has 3 heterocycles. The summed E-state index contributed by atoms with van der Waals surface area (Å²) >= 11 is 12.0. The van der Waals surface area contributed by atoms with Crippen molar-refractivity contribution in [3.63, 3.8) is 0 Å². The fourth-order valence-electron chi connectivity index (χ4n) is 4.55. The highest BCUT2D eigenvalue weighted by Crippen LogP contribution is 2.25. The first kappa shape index (κ1) is 25.5. The number of aryl methyl sites for hydroxylation is 2. The van der Waals surface area contributed by atoms with Crippen LogP contribution >= 0.6 is 23.2 Å². The van der Waals surface area contributed by atoms with Crippen LogP contribution in [-0.2, 0) is 17.8 Å². The van der Waals surface area contributed by atoms with Crippen LogP contribution in [0.2, 0.25) is 10.0 Å². The van der Waals surface area contributed by atoms with Gasteiger partial charge in [0.15, 0.2) is 5.69 Å². The number of ether oxygens (including phenoxy) is 1. The normalized spacial score (nSPS) is 14.5. The van der Waals surface area contributed by atoms with Gasteiger partial charge in [0.25, 0.3) is 5.91 Å². The third-order valence-electron chi connectivity index (χ3n) is 6.80. The van der Waals surface area contributed by atoms with E-state index in [1.165, 1.54) is 4.40 Å². The number of benzene rings is 2. The topological polar surface area (TPSA) is 101 Å². The number of hydrogen-bond acceptors (Lipinski definition) is 6. The van der Waals surface area contributed by atoms with E-state index in [1.807, 2.05) is 30.5 Å². The molecule has 11 heteroatoms. The second-order valence-corrected chi connectivity index (χ2v) is 10.0. The summed E-state index contributed by atoms with van der Waals surface area (Å²) in [5.74, 6) is -1.06. The molecule has 9 nitrogen and oxygen atoms in total. The highest BCUT2D eigenvalue weighted by Gasteiger charge is 2.24. The zero-order valence-corrected chi connectivity index (χ0v) is 22.1. The Morgan fingerprint density at radius 3 is 2.46 bits per heavy atom. The summed E-state index contributed by atoms with van der Waals surface area (Å²) in [4.78, 5) is 33.2. The maximum atomic E-state index is 13.4. The fraction of sp³-hybridized carbons (Fsp3) is 0.346. The van der Waals surface area contributed by atoms with Crippen LogP contribution in [0.4, 0.5) is 0 Å². The van der Waals surface area contributed by atoms with Crippen molar-refractivity contribution in [1.82, 2.24) is 24.2 Å². The van der Waals surface area contributed by atoms with Crippen molar-refractivity contribution in [2.45, 2.75) is 26.9 Å². The first-order valence-corrected chi connectivity index (χ1v) is 12.8. The minimum absolute atomic E-state index is 0.120. The van der Waals surface area contributed by atoms with E-state index in [2.05, 4.69) is 15.2 Å². The van der Waals surface area contributed by atoms with Crippen molar-refractivity contribution in [1.29, 1.82) is 0 Å². The average molecular weight is 544 g/mol. The summed E-state index contributed by atoms with van der Waals surface area (Å²) in [5, 5.41) is 14.2. The van der Waals surface area contributed by atoms with Crippen LogP contribution in [0, 0.1) is 13.8 Å². The van der Waals surface area contributed by atoms with Gasteiger partial charge in [-0.1, -0.05) is 29.3 Å². The van der Waals surface area contributed by atoms with Gasteiger partial charge in [0, 0.05) is 32.7 Å². The molecular formula is C26H27Cl2N5O4. The molecule has 0 bridgehead atoms. The summed E-state index contributed by atoms with van der Waals surface area (Å²) in [6.45, 7) is 8.39. The van der Waals surface area contributed by atoms with E-state index in [4.69, 9.17) is 27.9 Å². The van der Waals surface area contributed by atoms with Crippen molar-refractivity contribution in [2.75, 3.05) is 32.8 Å². The van der Waals surface area contributed by atoms with E-state index in [0.29, 0.717) is 46.7 Å². The Bertz CT molecular complexity index is 1570. The lowest BCUT2D eigenvalue weighted by Gasteiger charge is -2.26. The SMILES string of the molecule is Cc1cc2c(cc1C)n1c(=O)c(O)c(C(=O)NCc3ccc(Cl)c(Cl)c3)nc1n2CCN1CCOCC1. The molecule has 2 aromatic carbocycles. The maximum absolute atomic E-state index is 13.4. The van der Waals surface area contributed by atoms with Gasteiger partial charge in [-0.3, -0.25) is 14.5 Å². The summed E-state index contributed by atoms with van der Waals surface area (Å²) < 4.78 is 8.77. The summed E-state index contributed by atoms with van der Waals surface area (Å²) in [6, 6.07) is 8.93. The lowest BCUT2D eigenvalue weighted by molar-refractivity contribution is 0.0366. The van der Waals surface area contributed by atoms with Gasteiger partial charge in [0.1, 0.15) is 0 Å². The average Bonchev–Trinajstić information content (AvgIpc) is 3.18. The number of carbonyl (C=O) groups is 1. The maximum Gasteiger partial charge on any atom is 0.302 e. The van der Waals surface area contributed by atoms with Gasteiger partial charge in [-0.15, -0.1) is 0 Å². The largest absolute Gasteiger partial charge is 0.501 e. The first-order chi connectivity index (χ1) is 17.7. The molecule has 37 heavy (non-hydrogen) atoms. The van der Waals surface area contributed by atoms with Gasteiger partial charge in [0.2, 0.25) is 11.5 Å². The van der Waals surface area contributed by atoms with Gasteiger partial charge >= 0.3 is 5.56 Å². The van der Waals surface area contributed by atoms with Crippen molar-refractivity contribution in [3.8, 4) is 5.75 Å². The fourth-order valence-corrected chi connectivity index (χ4v) is 4.87. The number of morpholine rings is 1. The standard InChI is InChI=1S/C26H27Cl2N5O4/c1-15-11-20-21(12-16(15)2)33-25(36)23(34)22(24(35)29-14-17-3-4-18(27)19(28)13-17)30-26(33)32(20)6-5-31-7-9-37-10-8-31/h3-4,11-13,34H,5-10,14H2,1-2H3,(H,29,35). The van der Waals surface area contributed by atoms with Gasteiger partial charge in [-0.25, -0.2) is 9.38 Å². The molecule has 0 aliphatic carbocycles. The van der Waals surface area contributed by atoms with E-state index >= 15 is 0 Å². The first-order valence-electron chi connectivity index (χ1n) is 12.0. The van der Waals surface area contributed by atoms with E-state index in [9.17, 15) is 14.7 Å². The monoisotopic (exact) mass is 543 g/mol. The van der Waals surface area contributed by atoms with Crippen molar-refractivity contribution < 1.29 is 14.6 Å². The van der Waals surface area contributed by atoms with Crippen molar-refractivity contribution in [2.24, 2.45) is 0 Å². The summed E-state index contributed by atoms with van der Waals surface area (Å²) in [6.07, 6.45) is 0. The second-order valence-electron chi connectivity index (χ2n) is 9.21. The van der Waals surface area contributed by atoms with E-state index < -0.39 is 17.2 Å². The highest BCUT2D eigenvalue weighted by atomic mass is 35.5. The molecule has 2 aromatic heterocycles. The molecule has 0 radical (unpaired) electrons. The zero-order valence-electron chi connectivity index (χ0n) is 20.6. The van der Waals surface area contributed by atoms with Gasteiger partial charge in [0.05, 0.1) is 34.3 Å². The molecule has 0 atom stereocenters. The number of aromatic nitrogens is 3. The van der Waals surface area contributed by atoms with E-state index in [-0.39, 0.29) is 12.2 Å². The lowest BCUT2D eigenvalue weighted by atomic mass is 10.1. The number of aromatic hydroxyl groups is 1. The number of nitrogens with zero attached hydrogens (tertiary/aromatic N) is 4. The minimum Gasteiger partial charge on any atom is -0.501 e. The van der Waals surface area contributed by atoms with Gasteiger partial charge in [-0.05, 0) is 54.8 Å². The van der Waals surface area contributed by atoms with Crippen LogP contribution < -0.4 is 10.9 Å². The van der Waals surface area contributed by atoms with Gasteiger partial charge < -0.3 is 19.7 Å². The van der Waals surface area contributed by atoms with Crippen LogP contribution in [0.3, 0.4) is 0 Å². The number of hydrogen-bond donors (Lipinski definition) is 2. The molecule has 5 rings (SSSR count). The predicted molar refractivity (Wildman–Crippen MR) is 143 cm³/mol. The molecule has 1 aliphatic rings. The van der Waals surface area contributed by atoms with E-state index in [0.717, 1.165) is 36.3 Å². The Morgan fingerprint density at radius 1 is 1.05 bits per heavy atom. The number of amides is 1. The van der Waals surface area contributed by atoms with Crippen molar-refractivity contribution >= 4 is 45.9 Å². The third kappa shape index (κ3) is 4.92. The molecular weight excluding hydrogens is 517 g/mol. The smallest absolute Gasteiger partial charge is 0.302 e. The number of fused-ring (bicyclic) bond motifs is 3. The quantitative estimate of drug-likeness (QED) is 0.385. The summed E-state index contributed by atoms with van der Waals surface area (Å²) in [7, 11) is 0.